The van der Waals surface area contributed by atoms with Crippen LogP contribution in [0, 0.1) is 0 Å². The second kappa shape index (κ2) is 6.79. The summed E-state index contributed by atoms with van der Waals surface area (Å²) in [6.45, 7) is 0.795. The lowest BCUT2D eigenvalue weighted by Gasteiger charge is -2.39. The zero-order valence-corrected chi connectivity index (χ0v) is 16.3. The summed E-state index contributed by atoms with van der Waals surface area (Å²) >= 11 is 0. The summed E-state index contributed by atoms with van der Waals surface area (Å²) in [5.41, 5.74) is 4.14. The minimum atomic E-state index is -1.03. The largest absolute Gasteiger partial charge is 0.465 e. The van der Waals surface area contributed by atoms with E-state index in [4.69, 9.17) is 4.74 Å². The fraction of sp³-hybridized carbons (Fsp3) is 0.348. The van der Waals surface area contributed by atoms with Crippen LogP contribution in [0.2, 0.25) is 0 Å². The molecule has 148 valence electrons. The lowest BCUT2D eigenvalue weighted by Crippen LogP contribution is -2.38. The number of carbonyl (C=O) groups excluding carboxylic acids is 1. The number of esters is 1. The van der Waals surface area contributed by atoms with Gasteiger partial charge in [-0.25, -0.2) is 19.2 Å². The van der Waals surface area contributed by atoms with Crippen LogP contribution in [-0.2, 0) is 10.2 Å². The number of ether oxygens (including phenoxy) is 1. The van der Waals surface area contributed by atoms with Gasteiger partial charge in [-0.1, -0.05) is 30.7 Å². The van der Waals surface area contributed by atoms with E-state index in [-0.39, 0.29) is 11.4 Å². The number of aromatic nitrogens is 2. The van der Waals surface area contributed by atoms with Crippen LogP contribution in [0.5, 0.6) is 0 Å². The highest BCUT2D eigenvalue weighted by atomic mass is 19.1. The lowest BCUT2D eigenvalue weighted by molar-refractivity contribution is 0.0600. The fourth-order valence-electron chi connectivity index (χ4n) is 4.62. The maximum absolute atomic E-state index is 14.2. The molecule has 0 bridgehead atoms. The van der Waals surface area contributed by atoms with Crippen molar-refractivity contribution in [1.82, 2.24) is 9.97 Å². The third kappa shape index (κ3) is 2.85. The smallest absolute Gasteiger partial charge is 0.337 e. The molecule has 2 aliphatic carbocycles. The number of rotatable bonds is 3. The first-order valence-corrected chi connectivity index (χ1v) is 9.95. The first kappa shape index (κ1) is 18.0. The highest BCUT2D eigenvalue weighted by molar-refractivity contribution is 5.91. The summed E-state index contributed by atoms with van der Waals surface area (Å²) in [5, 5.41) is 0. The molecule has 1 aliphatic heterocycles. The normalized spacial score (nSPS) is 21.5. The van der Waals surface area contributed by atoms with Crippen LogP contribution in [0.15, 0.2) is 48.8 Å². The van der Waals surface area contributed by atoms with Gasteiger partial charge in [-0.2, -0.15) is 0 Å². The molecule has 3 aliphatic rings. The van der Waals surface area contributed by atoms with E-state index in [1.807, 2.05) is 30.4 Å². The van der Waals surface area contributed by atoms with Gasteiger partial charge >= 0.3 is 5.97 Å². The Kier molecular flexibility index (Phi) is 4.23. The van der Waals surface area contributed by atoms with Gasteiger partial charge in [-0.05, 0) is 36.1 Å². The first-order valence-electron chi connectivity index (χ1n) is 9.95. The predicted molar refractivity (Wildman–Crippen MR) is 109 cm³/mol. The van der Waals surface area contributed by atoms with Crippen LogP contribution in [0.1, 0.15) is 47.2 Å². The summed E-state index contributed by atoms with van der Waals surface area (Å²) in [6, 6.07) is 5.75. The van der Waals surface area contributed by atoms with E-state index in [1.54, 1.807) is 18.5 Å². The van der Waals surface area contributed by atoms with Crippen molar-refractivity contribution in [2.75, 3.05) is 18.6 Å². The lowest BCUT2D eigenvalue weighted by atomic mass is 9.66. The molecule has 2 heterocycles. The van der Waals surface area contributed by atoms with Crippen molar-refractivity contribution in [3.63, 3.8) is 0 Å². The third-order valence-corrected chi connectivity index (χ3v) is 6.36. The number of carbonyl (C=O) groups is 1. The van der Waals surface area contributed by atoms with E-state index in [1.165, 1.54) is 19.1 Å². The predicted octanol–water partition coefficient (Wildman–Crippen LogP) is 4.52. The molecular formula is C23H22FN3O2. The van der Waals surface area contributed by atoms with Gasteiger partial charge in [0.25, 0.3) is 0 Å². The molecule has 1 atom stereocenters. The minimum Gasteiger partial charge on any atom is -0.465 e. The van der Waals surface area contributed by atoms with Crippen molar-refractivity contribution in [1.29, 1.82) is 0 Å². The number of hydrogen-bond acceptors (Lipinski definition) is 5. The Balaban J connectivity index is 1.51. The molecule has 1 fully saturated rings. The van der Waals surface area contributed by atoms with Crippen molar-refractivity contribution >= 4 is 23.2 Å². The summed E-state index contributed by atoms with van der Waals surface area (Å²) < 4.78 is 19.1. The number of methoxy groups -OCH3 is 1. The van der Waals surface area contributed by atoms with Gasteiger partial charge in [-0.15, -0.1) is 0 Å². The summed E-state index contributed by atoms with van der Waals surface area (Å²) in [6.07, 6.45) is 11.6. The van der Waals surface area contributed by atoms with Crippen LogP contribution >= 0.6 is 0 Å². The number of hydrogen-bond donors (Lipinski definition) is 0. The number of halogens is 1. The van der Waals surface area contributed by atoms with E-state index in [0.29, 0.717) is 29.1 Å². The van der Waals surface area contributed by atoms with Gasteiger partial charge in [-0.3, -0.25) is 0 Å². The van der Waals surface area contributed by atoms with Crippen LogP contribution in [0.3, 0.4) is 0 Å². The van der Waals surface area contributed by atoms with Gasteiger partial charge in [0.1, 0.15) is 6.17 Å². The van der Waals surface area contributed by atoms with E-state index >= 15 is 0 Å². The molecule has 5 rings (SSSR count). The van der Waals surface area contributed by atoms with E-state index < -0.39 is 6.17 Å². The number of benzene rings is 1. The van der Waals surface area contributed by atoms with Gasteiger partial charge in [0.15, 0.2) is 0 Å². The second-order valence-electron chi connectivity index (χ2n) is 7.97. The summed E-state index contributed by atoms with van der Waals surface area (Å²) in [4.78, 5) is 23.2. The van der Waals surface area contributed by atoms with Crippen molar-refractivity contribution < 1.29 is 13.9 Å². The zero-order chi connectivity index (χ0) is 20.0. The molecule has 1 unspecified atom stereocenters. The first-order chi connectivity index (χ1) is 14.1. The standard InChI is InChI=1S/C23H22FN3O2/c1-29-21(28)15-7-8-18-20(11-15)27(14-23(18)9-4-10-23)22-25-12-16(13-26-22)17-5-2-3-6-19(17)24/h2-3,5,7-8,11-13,19H,4,6,9-10,14H2,1H3. The number of allylic oxidation sites excluding steroid dienone is 4. The summed E-state index contributed by atoms with van der Waals surface area (Å²) in [7, 11) is 1.38. The Bertz CT molecular complexity index is 1020. The molecular weight excluding hydrogens is 369 g/mol. The molecule has 1 saturated carbocycles. The Labute approximate surface area is 168 Å². The Morgan fingerprint density at radius 1 is 1.28 bits per heavy atom. The molecule has 6 heteroatoms. The number of anilines is 2. The van der Waals surface area contributed by atoms with Crippen LogP contribution in [-0.4, -0.2) is 35.8 Å². The maximum Gasteiger partial charge on any atom is 0.337 e. The van der Waals surface area contributed by atoms with Gasteiger partial charge in [0.2, 0.25) is 5.95 Å². The van der Waals surface area contributed by atoms with E-state index in [2.05, 4.69) is 14.9 Å². The quantitative estimate of drug-likeness (QED) is 0.720. The van der Waals surface area contributed by atoms with Crippen molar-refractivity contribution in [2.45, 2.75) is 37.3 Å². The Hall–Kier alpha value is -3.02. The number of fused-ring (bicyclic) bond motifs is 2. The number of nitrogens with zero attached hydrogens (tertiary/aromatic N) is 3. The Morgan fingerprint density at radius 3 is 2.72 bits per heavy atom. The van der Waals surface area contributed by atoms with E-state index in [0.717, 1.165) is 25.1 Å². The fourth-order valence-corrected chi connectivity index (χ4v) is 4.62. The summed E-state index contributed by atoms with van der Waals surface area (Å²) in [5.74, 6) is 0.216. The molecule has 1 aromatic carbocycles. The van der Waals surface area contributed by atoms with Crippen LogP contribution in [0.4, 0.5) is 16.0 Å². The molecule has 0 radical (unpaired) electrons. The van der Waals surface area contributed by atoms with Gasteiger partial charge in [0.05, 0.1) is 12.7 Å². The number of alkyl halides is 1. The SMILES string of the molecule is COC(=O)c1ccc2c(c1)N(c1ncc(C3=CC=CCC3F)cn1)CC21CCC1. The molecule has 0 amide bonds. The third-order valence-electron chi connectivity index (χ3n) is 6.36. The van der Waals surface area contributed by atoms with Crippen LogP contribution in [0.25, 0.3) is 5.57 Å². The molecule has 5 nitrogen and oxygen atoms in total. The second-order valence-corrected chi connectivity index (χ2v) is 7.97. The van der Waals surface area contributed by atoms with Crippen molar-refractivity contribution in [3.8, 4) is 0 Å². The maximum atomic E-state index is 14.2. The average molecular weight is 391 g/mol. The van der Waals surface area contributed by atoms with Crippen molar-refractivity contribution in [3.05, 3.63) is 65.5 Å². The minimum absolute atomic E-state index is 0.104. The topological polar surface area (TPSA) is 55.3 Å². The average Bonchev–Trinajstić information content (AvgIpc) is 3.09. The molecule has 2 aromatic rings. The monoisotopic (exact) mass is 391 g/mol. The molecule has 1 aromatic heterocycles. The molecule has 0 N–H and O–H groups in total. The molecule has 1 spiro atoms. The highest BCUT2D eigenvalue weighted by Crippen LogP contribution is 2.54. The molecule has 29 heavy (non-hydrogen) atoms. The highest BCUT2D eigenvalue weighted by Gasteiger charge is 2.48. The Morgan fingerprint density at radius 2 is 2.07 bits per heavy atom. The van der Waals surface area contributed by atoms with Crippen LogP contribution < -0.4 is 4.90 Å². The van der Waals surface area contributed by atoms with Gasteiger partial charge < -0.3 is 9.64 Å². The zero-order valence-electron chi connectivity index (χ0n) is 16.3. The van der Waals surface area contributed by atoms with E-state index in [9.17, 15) is 9.18 Å². The van der Waals surface area contributed by atoms with Crippen molar-refractivity contribution in [2.24, 2.45) is 0 Å². The van der Waals surface area contributed by atoms with Gasteiger partial charge in [0, 0.05) is 42.0 Å². The molecule has 0 saturated heterocycles.